The van der Waals surface area contributed by atoms with Gasteiger partial charge in [0.25, 0.3) is 0 Å². The lowest BCUT2D eigenvalue weighted by molar-refractivity contribution is -0.125. The van der Waals surface area contributed by atoms with Crippen molar-refractivity contribution in [2.75, 3.05) is 13.1 Å². The van der Waals surface area contributed by atoms with Gasteiger partial charge in [-0.1, -0.05) is 32.6 Å². The van der Waals surface area contributed by atoms with Crippen LogP contribution < -0.4 is 5.32 Å². The molecule has 3 unspecified atom stereocenters. The molecule has 2 rings (SSSR count). The number of likely N-dealkylation sites (tertiary alicyclic amines) is 1. The maximum atomic E-state index is 12.5. The second-order valence-electron chi connectivity index (χ2n) is 8.52. The minimum Gasteiger partial charge on any atom is -0.444 e. The highest BCUT2D eigenvalue weighted by atomic mass is 16.6. The zero-order valence-electron chi connectivity index (χ0n) is 15.9. The normalized spacial score (nSPS) is 25.5. The fourth-order valence-electron chi connectivity index (χ4n) is 3.73. The standard InChI is InChI=1S/C19H31N3O3/c1-13(9-14-7-5-6-8-14)17(23)21-16-12-22(11-15(16)10-20)18(24)25-19(2,3)4/h13-16H,5-9,11-12H2,1-4H3,(H,21,23). The third kappa shape index (κ3) is 5.62. The molecule has 1 aliphatic heterocycles. The van der Waals surface area contributed by atoms with Gasteiger partial charge < -0.3 is 15.0 Å². The van der Waals surface area contributed by atoms with E-state index in [9.17, 15) is 14.9 Å². The number of nitrogens with zero attached hydrogens (tertiary/aromatic N) is 2. The summed E-state index contributed by atoms with van der Waals surface area (Å²) in [5.74, 6) is 0.186. The fraction of sp³-hybridized carbons (Fsp3) is 0.842. The molecule has 6 heteroatoms. The van der Waals surface area contributed by atoms with Gasteiger partial charge in [0.2, 0.25) is 5.91 Å². The first kappa shape index (κ1) is 19.6. The second-order valence-corrected chi connectivity index (χ2v) is 8.52. The van der Waals surface area contributed by atoms with Crippen molar-refractivity contribution in [3.8, 4) is 6.07 Å². The van der Waals surface area contributed by atoms with Gasteiger partial charge in [0.05, 0.1) is 18.0 Å². The lowest BCUT2D eigenvalue weighted by Gasteiger charge is -2.24. The van der Waals surface area contributed by atoms with Crippen molar-refractivity contribution in [2.45, 2.75) is 71.4 Å². The van der Waals surface area contributed by atoms with Crippen LogP contribution in [0.4, 0.5) is 4.79 Å². The van der Waals surface area contributed by atoms with Crippen LogP contribution >= 0.6 is 0 Å². The molecule has 25 heavy (non-hydrogen) atoms. The van der Waals surface area contributed by atoms with E-state index in [-0.39, 0.29) is 17.9 Å². The summed E-state index contributed by atoms with van der Waals surface area (Å²) in [4.78, 5) is 26.2. The first-order valence-electron chi connectivity index (χ1n) is 9.37. The average Bonchev–Trinajstić information content (AvgIpc) is 3.14. The maximum Gasteiger partial charge on any atom is 0.410 e. The van der Waals surface area contributed by atoms with E-state index in [0.717, 1.165) is 6.42 Å². The number of hydrogen-bond donors (Lipinski definition) is 1. The van der Waals surface area contributed by atoms with E-state index in [4.69, 9.17) is 4.74 Å². The van der Waals surface area contributed by atoms with Crippen molar-refractivity contribution in [1.82, 2.24) is 10.2 Å². The van der Waals surface area contributed by atoms with Crippen LogP contribution in [-0.4, -0.2) is 41.6 Å². The van der Waals surface area contributed by atoms with Crippen molar-refractivity contribution in [2.24, 2.45) is 17.8 Å². The van der Waals surface area contributed by atoms with Crippen LogP contribution in [0.5, 0.6) is 0 Å². The van der Waals surface area contributed by atoms with Crippen LogP contribution in [0.15, 0.2) is 0 Å². The third-order valence-corrected chi connectivity index (χ3v) is 5.07. The van der Waals surface area contributed by atoms with Crippen LogP contribution in [0.1, 0.15) is 59.8 Å². The van der Waals surface area contributed by atoms with Gasteiger partial charge >= 0.3 is 6.09 Å². The molecular formula is C19H31N3O3. The molecule has 2 aliphatic rings. The molecule has 1 saturated carbocycles. The summed E-state index contributed by atoms with van der Waals surface area (Å²) in [6.45, 7) is 8.02. The van der Waals surface area contributed by atoms with Crippen molar-refractivity contribution in [3.05, 3.63) is 0 Å². The molecule has 1 aliphatic carbocycles. The SMILES string of the molecule is CC(CC1CCCC1)C(=O)NC1CN(C(=O)OC(C)(C)C)CC1C#N. The van der Waals surface area contributed by atoms with Crippen LogP contribution in [0.25, 0.3) is 0 Å². The molecule has 0 aromatic carbocycles. The molecule has 1 heterocycles. The van der Waals surface area contributed by atoms with Gasteiger partial charge in [-0.2, -0.15) is 5.26 Å². The Morgan fingerprint density at radius 3 is 2.48 bits per heavy atom. The smallest absolute Gasteiger partial charge is 0.410 e. The van der Waals surface area contributed by atoms with Gasteiger partial charge in [-0.25, -0.2) is 4.79 Å². The molecule has 1 N–H and O–H groups in total. The zero-order chi connectivity index (χ0) is 18.6. The molecule has 0 spiro atoms. The molecule has 6 nitrogen and oxygen atoms in total. The molecule has 2 fully saturated rings. The van der Waals surface area contributed by atoms with E-state index in [2.05, 4.69) is 11.4 Å². The van der Waals surface area contributed by atoms with E-state index >= 15 is 0 Å². The maximum absolute atomic E-state index is 12.5. The molecule has 140 valence electrons. The average molecular weight is 349 g/mol. The quantitative estimate of drug-likeness (QED) is 0.845. The van der Waals surface area contributed by atoms with Gasteiger partial charge in [0, 0.05) is 19.0 Å². The largest absolute Gasteiger partial charge is 0.444 e. The van der Waals surface area contributed by atoms with Crippen LogP contribution in [-0.2, 0) is 9.53 Å². The summed E-state index contributed by atoms with van der Waals surface area (Å²) in [6.07, 6.45) is 5.45. The Balaban J connectivity index is 1.88. The number of rotatable bonds is 4. The lowest BCUT2D eigenvalue weighted by atomic mass is 9.93. The lowest BCUT2D eigenvalue weighted by Crippen LogP contribution is -2.43. The number of nitriles is 1. The van der Waals surface area contributed by atoms with Gasteiger partial charge in [0.15, 0.2) is 0 Å². The van der Waals surface area contributed by atoms with E-state index in [1.807, 2.05) is 27.7 Å². The minimum absolute atomic E-state index is 0.0109. The summed E-state index contributed by atoms with van der Waals surface area (Å²) < 4.78 is 5.37. The Kier molecular flexibility index (Phi) is 6.31. The summed E-state index contributed by atoms with van der Waals surface area (Å²) in [5, 5.41) is 12.4. The summed E-state index contributed by atoms with van der Waals surface area (Å²) in [7, 11) is 0. The van der Waals surface area contributed by atoms with Crippen molar-refractivity contribution < 1.29 is 14.3 Å². The fourth-order valence-corrected chi connectivity index (χ4v) is 3.73. The topological polar surface area (TPSA) is 82.4 Å². The van der Waals surface area contributed by atoms with Gasteiger partial charge in [0.1, 0.15) is 5.60 Å². The summed E-state index contributed by atoms with van der Waals surface area (Å²) in [5.41, 5.74) is -0.573. The number of nitrogens with one attached hydrogen (secondary N) is 1. The Bertz CT molecular complexity index is 529. The van der Waals surface area contributed by atoms with E-state index < -0.39 is 17.6 Å². The van der Waals surface area contributed by atoms with E-state index in [0.29, 0.717) is 19.0 Å². The van der Waals surface area contributed by atoms with E-state index in [1.54, 1.807) is 0 Å². The van der Waals surface area contributed by atoms with Crippen molar-refractivity contribution >= 4 is 12.0 Å². The van der Waals surface area contributed by atoms with Gasteiger partial charge in [-0.05, 0) is 33.1 Å². The summed E-state index contributed by atoms with van der Waals surface area (Å²) in [6, 6.07) is 1.89. The third-order valence-electron chi connectivity index (χ3n) is 5.07. The molecule has 0 aromatic rings. The number of hydrogen-bond acceptors (Lipinski definition) is 4. The van der Waals surface area contributed by atoms with Gasteiger partial charge in [-0.15, -0.1) is 0 Å². The first-order chi connectivity index (χ1) is 11.7. The molecule has 0 aromatic heterocycles. The molecule has 2 amide bonds. The predicted octanol–water partition coefficient (Wildman–Crippen LogP) is 3.08. The number of carbonyl (C=O) groups is 2. The highest BCUT2D eigenvalue weighted by Crippen LogP contribution is 2.30. The van der Waals surface area contributed by atoms with Crippen LogP contribution in [0.3, 0.4) is 0 Å². The molecule has 1 saturated heterocycles. The monoisotopic (exact) mass is 349 g/mol. The number of amides is 2. The highest BCUT2D eigenvalue weighted by Gasteiger charge is 2.38. The molecular weight excluding hydrogens is 318 g/mol. The Morgan fingerprint density at radius 1 is 1.28 bits per heavy atom. The minimum atomic E-state index is -0.573. The Hall–Kier alpha value is -1.77. The van der Waals surface area contributed by atoms with Crippen molar-refractivity contribution in [1.29, 1.82) is 5.26 Å². The van der Waals surface area contributed by atoms with Crippen LogP contribution in [0.2, 0.25) is 0 Å². The Labute approximate surface area is 150 Å². The molecule has 3 atom stereocenters. The first-order valence-corrected chi connectivity index (χ1v) is 9.37. The van der Waals surface area contributed by atoms with Crippen LogP contribution in [0, 0.1) is 29.1 Å². The van der Waals surface area contributed by atoms with E-state index in [1.165, 1.54) is 30.6 Å². The highest BCUT2D eigenvalue weighted by molar-refractivity contribution is 5.79. The zero-order valence-corrected chi connectivity index (χ0v) is 15.9. The predicted molar refractivity (Wildman–Crippen MR) is 94.6 cm³/mol. The molecule has 0 radical (unpaired) electrons. The van der Waals surface area contributed by atoms with Gasteiger partial charge in [-0.3, -0.25) is 4.79 Å². The summed E-state index contributed by atoms with van der Waals surface area (Å²) >= 11 is 0. The Morgan fingerprint density at radius 2 is 1.92 bits per heavy atom. The number of ether oxygens (including phenoxy) is 1. The second kappa shape index (κ2) is 8.07. The number of carbonyl (C=O) groups excluding carboxylic acids is 2. The van der Waals surface area contributed by atoms with Crippen molar-refractivity contribution in [3.63, 3.8) is 0 Å². The molecule has 0 bridgehead atoms.